The smallest absolute Gasteiger partial charge is 0.346 e. The maximum Gasteiger partial charge on any atom is 0.346 e. The van der Waals surface area contributed by atoms with Crippen molar-refractivity contribution in [1.82, 2.24) is 0 Å². The van der Waals surface area contributed by atoms with E-state index in [1.54, 1.807) is 31.2 Å². The molecule has 0 N–H and O–H groups in total. The van der Waals surface area contributed by atoms with E-state index in [1.165, 1.54) is 25.3 Å². The Kier molecular flexibility index (Phi) is 5.22. The molecule has 6 heteroatoms. The van der Waals surface area contributed by atoms with Crippen molar-refractivity contribution in [2.75, 3.05) is 7.11 Å². The lowest BCUT2D eigenvalue weighted by atomic mass is 10.3. The predicted octanol–water partition coefficient (Wildman–Crippen LogP) is 4.21. The molecule has 0 amide bonds. The van der Waals surface area contributed by atoms with Crippen molar-refractivity contribution >= 4 is 17.6 Å². The van der Waals surface area contributed by atoms with Crippen LogP contribution in [0.3, 0.4) is 0 Å². The van der Waals surface area contributed by atoms with E-state index in [2.05, 4.69) is 4.74 Å². The second-order valence-corrected chi connectivity index (χ2v) is 4.87. The van der Waals surface area contributed by atoms with Gasteiger partial charge in [0.15, 0.2) is 17.7 Å². The highest BCUT2D eigenvalue weighted by atomic mass is 35.5. The van der Waals surface area contributed by atoms with Crippen LogP contribution < -0.4 is 9.47 Å². The molecule has 2 aromatic rings. The van der Waals surface area contributed by atoms with E-state index in [1.807, 2.05) is 0 Å². The summed E-state index contributed by atoms with van der Waals surface area (Å²) in [5.41, 5.74) is 0. The Balaban J connectivity index is 2.04. The molecule has 2 rings (SSSR count). The molecule has 0 saturated carbocycles. The number of ether oxygens (including phenoxy) is 3. The summed E-state index contributed by atoms with van der Waals surface area (Å²) >= 11 is 5.68. The minimum absolute atomic E-state index is 0.0704. The van der Waals surface area contributed by atoms with E-state index in [0.717, 1.165) is 0 Å². The first-order valence-corrected chi connectivity index (χ1v) is 6.85. The lowest BCUT2D eigenvalue weighted by Crippen LogP contribution is -2.24. The van der Waals surface area contributed by atoms with Crippen LogP contribution in [0.15, 0.2) is 42.5 Å². The fourth-order valence-corrected chi connectivity index (χ4v) is 1.85. The van der Waals surface area contributed by atoms with Crippen molar-refractivity contribution in [3.63, 3.8) is 0 Å². The Morgan fingerprint density at radius 2 is 1.77 bits per heavy atom. The van der Waals surface area contributed by atoms with Crippen molar-refractivity contribution in [3.05, 3.63) is 53.3 Å². The van der Waals surface area contributed by atoms with E-state index >= 15 is 0 Å². The van der Waals surface area contributed by atoms with Crippen LogP contribution in [0.2, 0.25) is 5.02 Å². The maximum absolute atomic E-state index is 13.6. The molecular formula is C16H14ClFO4. The van der Waals surface area contributed by atoms with E-state index in [-0.39, 0.29) is 5.75 Å². The van der Waals surface area contributed by atoms with Gasteiger partial charge in [-0.25, -0.2) is 9.18 Å². The van der Waals surface area contributed by atoms with Gasteiger partial charge in [0.25, 0.3) is 0 Å². The number of rotatable bonds is 5. The van der Waals surface area contributed by atoms with Crippen LogP contribution in [-0.2, 0) is 9.53 Å². The molecule has 0 radical (unpaired) electrons. The summed E-state index contributed by atoms with van der Waals surface area (Å²) in [6.45, 7) is 1.58. The van der Waals surface area contributed by atoms with Gasteiger partial charge in [0.2, 0.25) is 0 Å². The topological polar surface area (TPSA) is 44.8 Å². The molecule has 0 saturated heterocycles. The Morgan fingerprint density at radius 1 is 1.14 bits per heavy atom. The molecule has 0 aliphatic heterocycles. The van der Waals surface area contributed by atoms with Crippen molar-refractivity contribution in [1.29, 1.82) is 0 Å². The number of hydrogen-bond acceptors (Lipinski definition) is 4. The fraction of sp³-hybridized carbons (Fsp3) is 0.188. The Bertz CT molecular complexity index is 658. The monoisotopic (exact) mass is 324 g/mol. The van der Waals surface area contributed by atoms with Crippen molar-refractivity contribution in [2.45, 2.75) is 13.0 Å². The maximum atomic E-state index is 13.6. The van der Waals surface area contributed by atoms with Crippen LogP contribution in [-0.4, -0.2) is 19.2 Å². The molecule has 0 aromatic heterocycles. The van der Waals surface area contributed by atoms with E-state index in [9.17, 15) is 9.18 Å². The average molecular weight is 325 g/mol. The summed E-state index contributed by atoms with van der Waals surface area (Å²) < 4.78 is 29.0. The summed E-state index contributed by atoms with van der Waals surface area (Å²) in [4.78, 5) is 11.3. The first kappa shape index (κ1) is 16.1. The van der Waals surface area contributed by atoms with Gasteiger partial charge in [-0.2, -0.15) is 0 Å². The van der Waals surface area contributed by atoms with Crippen LogP contribution in [0.4, 0.5) is 4.39 Å². The van der Waals surface area contributed by atoms with Crippen molar-refractivity contribution < 1.29 is 23.4 Å². The van der Waals surface area contributed by atoms with Gasteiger partial charge in [0.1, 0.15) is 11.5 Å². The summed E-state index contributed by atoms with van der Waals surface area (Å²) in [5, 5.41) is 0.297. The predicted molar refractivity (Wildman–Crippen MR) is 80.0 cm³/mol. The summed E-state index contributed by atoms with van der Waals surface area (Å²) in [6.07, 6.45) is -0.717. The second-order valence-electron chi connectivity index (χ2n) is 4.43. The third kappa shape index (κ3) is 4.11. The Morgan fingerprint density at radius 3 is 2.36 bits per heavy atom. The molecule has 0 fully saturated rings. The van der Waals surface area contributed by atoms with Gasteiger partial charge < -0.3 is 14.2 Å². The standard InChI is InChI=1S/C16H14ClFO4/c1-10(16(19)20-2)21-12-4-6-13(7-5-12)22-15-8-3-11(17)9-14(15)18/h3-10H,1-2H3. The zero-order valence-corrected chi connectivity index (χ0v) is 12.8. The van der Waals surface area contributed by atoms with Crippen LogP contribution >= 0.6 is 11.6 Å². The average Bonchev–Trinajstić information content (AvgIpc) is 2.51. The van der Waals surface area contributed by atoms with Crippen molar-refractivity contribution in [2.24, 2.45) is 0 Å². The molecule has 1 atom stereocenters. The highest BCUT2D eigenvalue weighted by molar-refractivity contribution is 6.30. The van der Waals surface area contributed by atoms with Crippen LogP contribution in [0.25, 0.3) is 0 Å². The zero-order chi connectivity index (χ0) is 16.1. The Hall–Kier alpha value is -2.27. The van der Waals surface area contributed by atoms with Gasteiger partial charge in [-0.1, -0.05) is 11.6 Å². The van der Waals surface area contributed by atoms with Crippen LogP contribution in [0, 0.1) is 5.82 Å². The summed E-state index contributed by atoms with van der Waals surface area (Å²) in [5.74, 6) is -0.0437. The fourth-order valence-electron chi connectivity index (χ4n) is 1.69. The SMILES string of the molecule is COC(=O)C(C)Oc1ccc(Oc2ccc(Cl)cc2F)cc1. The van der Waals surface area contributed by atoms with Crippen LogP contribution in [0.5, 0.6) is 17.2 Å². The normalized spacial score (nSPS) is 11.6. The van der Waals surface area contributed by atoms with Gasteiger partial charge in [-0.3, -0.25) is 0 Å². The minimum Gasteiger partial charge on any atom is -0.479 e. The largest absolute Gasteiger partial charge is 0.479 e. The van der Waals surface area contributed by atoms with E-state index < -0.39 is 17.9 Å². The van der Waals surface area contributed by atoms with Gasteiger partial charge in [0, 0.05) is 5.02 Å². The number of hydrogen-bond donors (Lipinski definition) is 0. The highest BCUT2D eigenvalue weighted by Crippen LogP contribution is 2.28. The first-order valence-electron chi connectivity index (χ1n) is 6.47. The molecule has 4 nitrogen and oxygen atoms in total. The van der Waals surface area contributed by atoms with Crippen molar-refractivity contribution in [3.8, 4) is 17.2 Å². The van der Waals surface area contributed by atoms with E-state index in [0.29, 0.717) is 16.5 Å². The van der Waals surface area contributed by atoms with E-state index in [4.69, 9.17) is 21.1 Å². The molecule has 0 aliphatic carbocycles. The third-order valence-corrected chi connectivity index (χ3v) is 3.03. The molecule has 0 aliphatic rings. The first-order chi connectivity index (χ1) is 10.5. The number of halogens is 2. The molecule has 0 spiro atoms. The molecule has 22 heavy (non-hydrogen) atoms. The quantitative estimate of drug-likeness (QED) is 0.773. The summed E-state index contributed by atoms with van der Waals surface area (Å²) in [6, 6.07) is 10.6. The Labute approximate surface area is 132 Å². The molecule has 116 valence electrons. The second kappa shape index (κ2) is 7.13. The number of esters is 1. The lowest BCUT2D eigenvalue weighted by Gasteiger charge is -2.13. The van der Waals surface area contributed by atoms with Gasteiger partial charge in [-0.15, -0.1) is 0 Å². The minimum atomic E-state index is -0.717. The number of carbonyl (C=O) groups is 1. The number of benzene rings is 2. The van der Waals surface area contributed by atoms with Gasteiger partial charge in [0.05, 0.1) is 7.11 Å². The van der Waals surface area contributed by atoms with Gasteiger partial charge >= 0.3 is 5.97 Å². The molecule has 0 bridgehead atoms. The zero-order valence-electron chi connectivity index (χ0n) is 12.0. The molecule has 1 unspecified atom stereocenters. The molecule has 2 aromatic carbocycles. The highest BCUT2D eigenvalue weighted by Gasteiger charge is 2.14. The molecular weight excluding hydrogens is 311 g/mol. The summed E-state index contributed by atoms with van der Waals surface area (Å²) in [7, 11) is 1.29. The van der Waals surface area contributed by atoms with Gasteiger partial charge in [-0.05, 0) is 49.4 Å². The third-order valence-electron chi connectivity index (χ3n) is 2.79. The molecule has 0 heterocycles. The number of carbonyl (C=O) groups excluding carboxylic acids is 1. The van der Waals surface area contributed by atoms with Crippen LogP contribution in [0.1, 0.15) is 6.92 Å². The number of methoxy groups -OCH3 is 1. The lowest BCUT2D eigenvalue weighted by molar-refractivity contribution is -0.147.